The number of esters is 1. The average Bonchev–Trinajstić information content (AvgIpc) is 2.51. The van der Waals surface area contributed by atoms with E-state index in [2.05, 4.69) is 0 Å². The number of halogens is 1. The molecule has 0 aliphatic carbocycles. The number of benzene rings is 1. The van der Waals surface area contributed by atoms with E-state index in [1.165, 1.54) is 24.1 Å². The largest absolute Gasteiger partial charge is 0.467 e. The first-order valence-electron chi connectivity index (χ1n) is 6.17. The summed E-state index contributed by atoms with van der Waals surface area (Å²) in [4.78, 5) is 35.3. The Kier molecular flexibility index (Phi) is 4.42. The Morgan fingerprint density at radius 3 is 2.76 bits per heavy atom. The highest BCUT2D eigenvalue weighted by molar-refractivity contribution is 6.27. The highest BCUT2D eigenvalue weighted by Gasteiger charge is 2.35. The molecule has 1 atom stereocenters. The van der Waals surface area contributed by atoms with Gasteiger partial charge in [0, 0.05) is 25.1 Å². The molecule has 0 aromatic heterocycles. The Morgan fingerprint density at radius 2 is 2.19 bits per heavy atom. The monoisotopic (exact) mass is 312 g/mol. The maximum absolute atomic E-state index is 11.9. The van der Waals surface area contributed by atoms with Crippen LogP contribution in [0.15, 0.2) is 18.2 Å². The van der Waals surface area contributed by atoms with Crippen molar-refractivity contribution in [3.63, 3.8) is 0 Å². The van der Waals surface area contributed by atoms with Crippen LogP contribution in [0.3, 0.4) is 0 Å². The third-order valence-corrected chi connectivity index (χ3v) is 3.67. The minimum atomic E-state index is -0.754. The number of methoxy groups -OCH3 is 1. The quantitative estimate of drug-likeness (QED) is 0.363. The fourth-order valence-corrected chi connectivity index (χ4v) is 2.52. The summed E-state index contributed by atoms with van der Waals surface area (Å²) in [5, 5.41) is 10.8. The van der Waals surface area contributed by atoms with E-state index in [0.29, 0.717) is 5.56 Å². The molecule has 8 heteroatoms. The van der Waals surface area contributed by atoms with Crippen molar-refractivity contribution in [2.75, 3.05) is 13.0 Å². The lowest BCUT2D eigenvalue weighted by Gasteiger charge is -2.34. The second-order valence-corrected chi connectivity index (χ2v) is 4.88. The van der Waals surface area contributed by atoms with Crippen LogP contribution in [0.4, 0.5) is 5.69 Å². The molecule has 0 radical (unpaired) electrons. The number of nitro benzene ring substituents is 1. The Morgan fingerprint density at radius 1 is 1.48 bits per heavy atom. The summed E-state index contributed by atoms with van der Waals surface area (Å²) >= 11 is 5.56. The van der Waals surface area contributed by atoms with Crippen LogP contribution in [0.1, 0.15) is 11.1 Å². The van der Waals surface area contributed by atoms with Crippen LogP contribution >= 0.6 is 11.6 Å². The number of carbonyl (C=O) groups excluding carboxylic acids is 2. The van der Waals surface area contributed by atoms with Crippen molar-refractivity contribution in [3.05, 3.63) is 39.4 Å². The summed E-state index contributed by atoms with van der Waals surface area (Å²) in [5.41, 5.74) is 1.38. The number of alkyl halides is 1. The molecule has 112 valence electrons. The molecule has 0 spiro atoms. The Balaban J connectivity index is 2.39. The van der Waals surface area contributed by atoms with Crippen molar-refractivity contribution in [1.29, 1.82) is 0 Å². The van der Waals surface area contributed by atoms with Crippen LogP contribution in [0.5, 0.6) is 0 Å². The molecule has 7 nitrogen and oxygen atoms in total. The van der Waals surface area contributed by atoms with Gasteiger partial charge in [-0.3, -0.25) is 14.9 Å². The molecule has 21 heavy (non-hydrogen) atoms. The van der Waals surface area contributed by atoms with Gasteiger partial charge in [0.25, 0.3) is 5.69 Å². The lowest BCUT2D eigenvalue weighted by Crippen LogP contribution is -2.49. The van der Waals surface area contributed by atoms with Gasteiger partial charge >= 0.3 is 5.97 Å². The SMILES string of the molecule is COC(=O)C1Cc2ccc([N+](=O)[O-])cc2CN1C(=O)CCl. The molecule has 1 aliphatic heterocycles. The molecule has 0 N–H and O–H groups in total. The van der Waals surface area contributed by atoms with Crippen LogP contribution in [0.25, 0.3) is 0 Å². The third kappa shape index (κ3) is 2.97. The molecule has 1 aromatic rings. The Labute approximate surface area is 125 Å². The van der Waals surface area contributed by atoms with Crippen molar-refractivity contribution in [2.45, 2.75) is 19.0 Å². The zero-order valence-corrected chi connectivity index (χ0v) is 12.0. The van der Waals surface area contributed by atoms with Crippen LogP contribution in [-0.2, 0) is 27.3 Å². The van der Waals surface area contributed by atoms with Gasteiger partial charge in [-0.1, -0.05) is 6.07 Å². The number of non-ortho nitro benzene ring substituents is 1. The fourth-order valence-electron chi connectivity index (χ4n) is 2.37. The first-order valence-corrected chi connectivity index (χ1v) is 6.70. The first-order chi connectivity index (χ1) is 9.97. The van der Waals surface area contributed by atoms with Gasteiger partial charge in [0.15, 0.2) is 0 Å². The zero-order valence-electron chi connectivity index (χ0n) is 11.2. The lowest BCUT2D eigenvalue weighted by molar-refractivity contribution is -0.385. The highest BCUT2D eigenvalue weighted by atomic mass is 35.5. The molecule has 1 aliphatic rings. The summed E-state index contributed by atoms with van der Waals surface area (Å²) in [5.74, 6) is -1.21. The molecule has 0 fully saturated rings. The van der Waals surface area contributed by atoms with E-state index >= 15 is 0 Å². The number of fused-ring (bicyclic) bond motifs is 1. The maximum Gasteiger partial charge on any atom is 0.328 e. The number of nitrogens with zero attached hydrogens (tertiary/aromatic N) is 2. The van der Waals surface area contributed by atoms with Gasteiger partial charge in [-0.15, -0.1) is 11.6 Å². The van der Waals surface area contributed by atoms with E-state index in [-0.39, 0.29) is 24.5 Å². The molecule has 0 saturated heterocycles. The molecule has 1 heterocycles. The lowest BCUT2D eigenvalue weighted by atomic mass is 9.93. The van der Waals surface area contributed by atoms with Crippen molar-refractivity contribution in [3.8, 4) is 0 Å². The van der Waals surface area contributed by atoms with Gasteiger partial charge < -0.3 is 9.64 Å². The van der Waals surface area contributed by atoms with E-state index in [1.54, 1.807) is 6.07 Å². The number of hydrogen-bond donors (Lipinski definition) is 0. The number of hydrogen-bond acceptors (Lipinski definition) is 5. The smallest absolute Gasteiger partial charge is 0.328 e. The summed E-state index contributed by atoms with van der Waals surface area (Å²) in [7, 11) is 1.25. The van der Waals surface area contributed by atoms with Crippen LogP contribution in [0, 0.1) is 10.1 Å². The standard InChI is InChI=1S/C13H13ClN2O5/c1-21-13(18)11-5-8-2-3-10(16(19)20)4-9(8)7-15(11)12(17)6-14/h2-4,11H,5-7H2,1H3. The molecule has 0 bridgehead atoms. The number of amides is 1. The minimum Gasteiger partial charge on any atom is -0.467 e. The molecule has 1 unspecified atom stereocenters. The first kappa shape index (κ1) is 15.2. The van der Waals surface area contributed by atoms with E-state index in [9.17, 15) is 19.7 Å². The second-order valence-electron chi connectivity index (χ2n) is 4.61. The van der Waals surface area contributed by atoms with Crippen molar-refractivity contribution in [1.82, 2.24) is 4.90 Å². The van der Waals surface area contributed by atoms with E-state index in [4.69, 9.17) is 16.3 Å². The molecular weight excluding hydrogens is 300 g/mol. The van der Waals surface area contributed by atoms with Gasteiger partial charge in [-0.25, -0.2) is 4.79 Å². The second kappa shape index (κ2) is 6.09. The predicted molar refractivity (Wildman–Crippen MR) is 73.9 cm³/mol. The van der Waals surface area contributed by atoms with Gasteiger partial charge in [0.2, 0.25) is 5.91 Å². The van der Waals surface area contributed by atoms with Gasteiger partial charge in [-0.2, -0.15) is 0 Å². The van der Waals surface area contributed by atoms with Crippen molar-refractivity contribution in [2.24, 2.45) is 0 Å². The van der Waals surface area contributed by atoms with Crippen LogP contribution in [0.2, 0.25) is 0 Å². The Bertz CT molecular complexity index is 604. The minimum absolute atomic E-state index is 0.0523. The molecular formula is C13H13ClN2O5. The summed E-state index contributed by atoms with van der Waals surface area (Å²) in [6, 6.07) is 3.64. The zero-order chi connectivity index (χ0) is 15.6. The summed E-state index contributed by atoms with van der Waals surface area (Å²) < 4.78 is 4.71. The van der Waals surface area contributed by atoms with Gasteiger partial charge in [0.1, 0.15) is 11.9 Å². The molecule has 0 saturated carbocycles. The van der Waals surface area contributed by atoms with Crippen molar-refractivity contribution < 1.29 is 19.2 Å². The van der Waals surface area contributed by atoms with E-state index in [1.807, 2.05) is 0 Å². The van der Waals surface area contributed by atoms with E-state index < -0.39 is 22.8 Å². The molecule has 1 amide bonds. The topological polar surface area (TPSA) is 89.8 Å². The van der Waals surface area contributed by atoms with Crippen LogP contribution in [-0.4, -0.2) is 40.7 Å². The average molecular weight is 313 g/mol. The fraction of sp³-hybridized carbons (Fsp3) is 0.385. The number of ether oxygens (including phenoxy) is 1. The van der Waals surface area contributed by atoms with Gasteiger partial charge in [-0.05, 0) is 11.1 Å². The third-order valence-electron chi connectivity index (χ3n) is 3.44. The normalized spacial score (nSPS) is 17.0. The molecule has 2 rings (SSSR count). The molecule has 1 aromatic carbocycles. The number of rotatable bonds is 3. The van der Waals surface area contributed by atoms with Crippen molar-refractivity contribution >= 4 is 29.2 Å². The predicted octanol–water partition coefficient (Wildman–Crippen LogP) is 1.26. The summed E-state index contributed by atoms with van der Waals surface area (Å²) in [6.07, 6.45) is 0.253. The number of nitro groups is 1. The maximum atomic E-state index is 11.9. The van der Waals surface area contributed by atoms with Gasteiger partial charge in [0.05, 0.1) is 12.0 Å². The van der Waals surface area contributed by atoms with E-state index in [0.717, 1.165) is 5.56 Å². The summed E-state index contributed by atoms with van der Waals surface area (Å²) in [6.45, 7) is 0.0995. The number of carbonyl (C=O) groups is 2. The Hall–Kier alpha value is -2.15. The van der Waals surface area contributed by atoms with Crippen LogP contribution < -0.4 is 0 Å². The highest BCUT2D eigenvalue weighted by Crippen LogP contribution is 2.27.